The fourth-order valence-electron chi connectivity index (χ4n) is 7.64. The summed E-state index contributed by atoms with van der Waals surface area (Å²) >= 11 is 0. The van der Waals surface area contributed by atoms with Crippen LogP contribution in [0.4, 0.5) is 0 Å². The van der Waals surface area contributed by atoms with Crippen LogP contribution in [0.1, 0.15) is 69.4 Å². The average molecular weight is 603 g/mol. The quantitative estimate of drug-likeness (QED) is 0.168. The van der Waals surface area contributed by atoms with Gasteiger partial charge in [0.25, 0.3) is 0 Å². The molecular formula is C34H42N4O6. The van der Waals surface area contributed by atoms with Gasteiger partial charge in [-0.1, -0.05) is 59.6 Å². The number of unbranched alkanes of at least 4 members (excludes halogenated alkanes) is 2. The van der Waals surface area contributed by atoms with Crippen molar-refractivity contribution in [2.24, 2.45) is 22.9 Å². The molecule has 2 aliphatic carbocycles. The number of phenols is 1. The van der Waals surface area contributed by atoms with Gasteiger partial charge in [0.05, 0.1) is 23.5 Å². The molecule has 0 bridgehead atoms. The minimum atomic E-state index is -1.71. The Morgan fingerprint density at radius 3 is 2.57 bits per heavy atom. The Morgan fingerprint density at radius 2 is 1.82 bits per heavy atom. The maximum atomic E-state index is 13.0. The van der Waals surface area contributed by atoms with Crippen LogP contribution in [0.3, 0.4) is 0 Å². The zero-order valence-corrected chi connectivity index (χ0v) is 25.1. The second kappa shape index (κ2) is 13.1. The van der Waals surface area contributed by atoms with Gasteiger partial charge in [0, 0.05) is 36.7 Å². The molecule has 1 saturated carbocycles. The fraction of sp³-hybridized carbons (Fsp3) is 0.500. The van der Waals surface area contributed by atoms with E-state index >= 15 is 0 Å². The largest absolute Gasteiger partial charge is 0.508 e. The number of hydrogen-bond donors (Lipinski definition) is 4. The third-order valence-electron chi connectivity index (χ3n) is 9.50. The van der Waals surface area contributed by atoms with Crippen LogP contribution < -0.4 is 4.74 Å². The summed E-state index contributed by atoms with van der Waals surface area (Å²) in [5.41, 5.74) is 4.15. The Bertz CT molecular complexity index is 1490. The molecular weight excluding hydrogens is 560 g/mol. The molecule has 3 aromatic rings. The third-order valence-corrected chi connectivity index (χ3v) is 9.50. The van der Waals surface area contributed by atoms with Crippen molar-refractivity contribution in [1.29, 1.82) is 0 Å². The maximum Gasteiger partial charge on any atom is 0.238 e. The van der Waals surface area contributed by atoms with Crippen LogP contribution in [-0.4, -0.2) is 66.7 Å². The van der Waals surface area contributed by atoms with Gasteiger partial charge in [-0.25, -0.2) is 4.68 Å². The van der Waals surface area contributed by atoms with Crippen molar-refractivity contribution in [1.82, 2.24) is 15.0 Å². The first-order valence-electron chi connectivity index (χ1n) is 15.8. The van der Waals surface area contributed by atoms with E-state index in [2.05, 4.69) is 21.5 Å². The second-order valence-corrected chi connectivity index (χ2v) is 12.1. The summed E-state index contributed by atoms with van der Waals surface area (Å²) in [4.78, 5) is 5.66. The van der Waals surface area contributed by atoms with Crippen molar-refractivity contribution >= 4 is 5.71 Å². The summed E-state index contributed by atoms with van der Waals surface area (Å²) in [6.07, 6.45) is 9.00. The highest BCUT2D eigenvalue weighted by Crippen LogP contribution is 2.62. The zero-order valence-electron chi connectivity index (χ0n) is 25.1. The number of aromatic nitrogens is 3. The highest BCUT2D eigenvalue weighted by Gasteiger charge is 2.63. The average Bonchev–Trinajstić information content (AvgIpc) is 3.52. The highest BCUT2D eigenvalue weighted by molar-refractivity contribution is 6.02. The lowest BCUT2D eigenvalue weighted by atomic mass is 9.55. The first-order valence-corrected chi connectivity index (χ1v) is 15.8. The Hall–Kier alpha value is -3.73. The summed E-state index contributed by atoms with van der Waals surface area (Å²) in [5.74, 6) is -1.58. The molecule has 4 N–H and O–H groups in total. The van der Waals surface area contributed by atoms with Gasteiger partial charge in [0.2, 0.25) is 5.79 Å². The number of oxime groups is 1. The molecule has 44 heavy (non-hydrogen) atoms. The molecule has 10 nitrogen and oxygen atoms in total. The number of ether oxygens (including phenoxy) is 1. The van der Waals surface area contributed by atoms with Crippen molar-refractivity contribution in [3.8, 4) is 22.8 Å². The number of allylic oxidation sites excluding steroid dienone is 1. The molecule has 0 saturated heterocycles. The summed E-state index contributed by atoms with van der Waals surface area (Å²) in [7, 11) is 0. The van der Waals surface area contributed by atoms with Crippen molar-refractivity contribution in [2.45, 2.75) is 69.6 Å². The lowest BCUT2D eigenvalue weighted by Gasteiger charge is -2.56. The van der Waals surface area contributed by atoms with Gasteiger partial charge in [-0.15, -0.1) is 5.10 Å². The van der Waals surface area contributed by atoms with E-state index in [-0.39, 0.29) is 36.7 Å². The minimum absolute atomic E-state index is 0.0846. The normalized spacial score (nSPS) is 28.1. The van der Waals surface area contributed by atoms with Crippen LogP contribution in [-0.2, 0) is 4.84 Å². The number of fused-ring (bicyclic) bond motifs is 2. The first kappa shape index (κ1) is 30.3. The molecule has 2 aromatic carbocycles. The Morgan fingerprint density at radius 1 is 1.05 bits per heavy atom. The smallest absolute Gasteiger partial charge is 0.238 e. The standard InChI is InChI=1S/C34H42N4O6/c1-2-43-36-28-20-31(38-29(21-35-37-38)22-10-4-3-5-11-22)34(42)33-26(28)18-23(12-6-8-16-39)25(13-7-9-17-40)32(33)27-19-24(41)14-15-30(27)44-34/h3-5,10-11,14-15,18-19,21,23,25,31-33,39-42H,2,6-9,12-13,16-17,20H2,1H3/t23-,25+,31-,32+,33+,34+/m0/s1. The molecule has 1 aromatic heterocycles. The summed E-state index contributed by atoms with van der Waals surface area (Å²) in [6, 6.07) is 14.2. The van der Waals surface area contributed by atoms with E-state index in [1.165, 1.54) is 0 Å². The fourth-order valence-corrected chi connectivity index (χ4v) is 7.64. The second-order valence-electron chi connectivity index (χ2n) is 12.1. The Labute approximate surface area is 257 Å². The molecule has 1 fully saturated rings. The maximum absolute atomic E-state index is 13.0. The molecule has 0 spiro atoms. The van der Waals surface area contributed by atoms with E-state index < -0.39 is 17.7 Å². The molecule has 6 atom stereocenters. The SMILES string of the molecule is CCON=C1C[C@H](n2nncc2-c2ccccc2)[C@@]2(O)Oc3ccc(O)cc3[C@H]3[C@H](CCCCO)[C@@H](CCCCO)C=C1[C@H]32. The van der Waals surface area contributed by atoms with E-state index in [1.54, 1.807) is 29.1 Å². The summed E-state index contributed by atoms with van der Waals surface area (Å²) in [5, 5.41) is 56.2. The van der Waals surface area contributed by atoms with E-state index in [0.717, 1.165) is 53.8 Å². The van der Waals surface area contributed by atoms with Crippen LogP contribution in [0.15, 0.2) is 71.5 Å². The van der Waals surface area contributed by atoms with Crippen LogP contribution in [0.5, 0.6) is 11.5 Å². The van der Waals surface area contributed by atoms with Gasteiger partial charge < -0.3 is 30.0 Å². The van der Waals surface area contributed by atoms with Crippen molar-refractivity contribution in [3.05, 3.63) is 71.9 Å². The molecule has 234 valence electrons. The monoisotopic (exact) mass is 602 g/mol. The first-order chi connectivity index (χ1) is 21.5. The van der Waals surface area contributed by atoms with Gasteiger partial charge in [0.15, 0.2) is 0 Å². The molecule has 1 aliphatic heterocycles. The third kappa shape index (κ3) is 5.50. The molecule has 10 heteroatoms. The van der Waals surface area contributed by atoms with Crippen molar-refractivity contribution in [3.63, 3.8) is 0 Å². The molecule has 0 amide bonds. The van der Waals surface area contributed by atoms with Crippen LogP contribution in [0.2, 0.25) is 0 Å². The van der Waals surface area contributed by atoms with E-state index in [4.69, 9.17) is 9.57 Å². The van der Waals surface area contributed by atoms with Crippen LogP contribution >= 0.6 is 0 Å². The number of hydrogen-bond acceptors (Lipinski definition) is 9. The number of benzene rings is 2. The van der Waals surface area contributed by atoms with Crippen molar-refractivity contribution < 1.29 is 30.0 Å². The summed E-state index contributed by atoms with van der Waals surface area (Å²) in [6.45, 7) is 2.54. The van der Waals surface area contributed by atoms with Gasteiger partial charge in [0.1, 0.15) is 24.1 Å². The molecule has 0 radical (unpaired) electrons. The van der Waals surface area contributed by atoms with Gasteiger partial charge in [-0.3, -0.25) is 0 Å². The predicted octanol–water partition coefficient (Wildman–Crippen LogP) is 4.97. The number of aliphatic hydroxyl groups is 3. The van der Waals surface area contributed by atoms with Gasteiger partial charge in [-0.2, -0.15) is 0 Å². The Balaban J connectivity index is 1.55. The van der Waals surface area contributed by atoms with Crippen molar-refractivity contribution in [2.75, 3.05) is 19.8 Å². The topological polar surface area (TPSA) is 142 Å². The van der Waals surface area contributed by atoms with E-state index in [9.17, 15) is 20.4 Å². The number of phenolic OH excluding ortho intramolecular Hbond substituents is 1. The van der Waals surface area contributed by atoms with E-state index in [0.29, 0.717) is 31.6 Å². The van der Waals surface area contributed by atoms with Gasteiger partial charge >= 0.3 is 0 Å². The molecule has 0 unspecified atom stereocenters. The highest BCUT2D eigenvalue weighted by atomic mass is 16.6. The summed E-state index contributed by atoms with van der Waals surface area (Å²) < 4.78 is 8.40. The number of nitrogens with zero attached hydrogens (tertiary/aromatic N) is 4. The van der Waals surface area contributed by atoms with Crippen LogP contribution in [0.25, 0.3) is 11.3 Å². The zero-order chi connectivity index (χ0) is 30.7. The lowest BCUT2D eigenvalue weighted by molar-refractivity contribution is -0.224. The van der Waals surface area contributed by atoms with E-state index in [1.807, 2.05) is 37.3 Å². The Kier molecular flexibility index (Phi) is 9.02. The molecule has 6 rings (SSSR count). The molecule has 3 aliphatic rings. The predicted molar refractivity (Wildman–Crippen MR) is 165 cm³/mol. The van der Waals surface area contributed by atoms with Crippen LogP contribution in [0, 0.1) is 17.8 Å². The van der Waals surface area contributed by atoms with Gasteiger partial charge in [-0.05, 0) is 68.2 Å². The molecule has 2 heterocycles. The lowest BCUT2D eigenvalue weighted by Crippen LogP contribution is -2.62. The number of rotatable bonds is 12. The number of aromatic hydroxyl groups is 1. The number of aliphatic hydroxyl groups excluding tert-OH is 2. The minimum Gasteiger partial charge on any atom is -0.508 e.